The quantitative estimate of drug-likeness (QED) is 0.524. The number of hydrogen-bond acceptors (Lipinski definition) is 6. The fourth-order valence-electron chi connectivity index (χ4n) is 2.65. The van der Waals surface area contributed by atoms with Crippen molar-refractivity contribution in [1.82, 2.24) is 9.13 Å². The number of hydrogen-bond donors (Lipinski definition) is 1. The Morgan fingerprint density at radius 1 is 1.24 bits per heavy atom. The number of ether oxygens (including phenoxy) is 1. The molecule has 0 spiro atoms. The minimum atomic E-state index is -1.10. The SMILES string of the molecule is CC(C)Cn1c(=O)c([N+](=O)[O-])c(/C=C/c2ccc(OCC(=O)O)cc2)n(C)c1=O. The topological polar surface area (TPSA) is 134 Å². The van der Waals surface area contributed by atoms with Gasteiger partial charge < -0.3 is 9.84 Å². The summed E-state index contributed by atoms with van der Waals surface area (Å²) in [5.74, 6) is -0.795. The van der Waals surface area contributed by atoms with Gasteiger partial charge in [-0.3, -0.25) is 24.0 Å². The fraction of sp³-hybridized carbons (Fsp3) is 0.316. The van der Waals surface area contributed by atoms with Crippen molar-refractivity contribution in [3.05, 3.63) is 66.5 Å². The normalized spacial score (nSPS) is 11.2. The molecule has 0 unspecified atom stereocenters. The smallest absolute Gasteiger partial charge is 0.357 e. The first kappa shape index (κ1) is 21.6. The Morgan fingerprint density at radius 3 is 2.38 bits per heavy atom. The van der Waals surface area contributed by atoms with Gasteiger partial charge in [0.2, 0.25) is 0 Å². The van der Waals surface area contributed by atoms with E-state index in [1.54, 1.807) is 26.0 Å². The van der Waals surface area contributed by atoms with Gasteiger partial charge in [-0.25, -0.2) is 9.59 Å². The van der Waals surface area contributed by atoms with E-state index in [1.807, 2.05) is 0 Å². The van der Waals surface area contributed by atoms with Crippen molar-refractivity contribution < 1.29 is 19.6 Å². The summed E-state index contributed by atoms with van der Waals surface area (Å²) in [6, 6.07) is 6.29. The first-order valence-corrected chi connectivity index (χ1v) is 8.72. The lowest BCUT2D eigenvalue weighted by Gasteiger charge is -2.12. The summed E-state index contributed by atoms with van der Waals surface area (Å²) < 4.78 is 6.97. The lowest BCUT2D eigenvalue weighted by atomic mass is 10.1. The van der Waals surface area contributed by atoms with E-state index < -0.39 is 34.4 Å². The first-order valence-electron chi connectivity index (χ1n) is 8.72. The Morgan fingerprint density at radius 2 is 1.86 bits per heavy atom. The Balaban J connectivity index is 2.44. The maximum atomic E-state index is 12.5. The second-order valence-electron chi connectivity index (χ2n) is 6.73. The molecule has 0 fully saturated rings. The maximum absolute atomic E-state index is 12.5. The molecule has 0 bridgehead atoms. The monoisotopic (exact) mass is 403 g/mol. The number of aliphatic carboxylic acids is 1. The number of carboxylic acid groups (broad SMARTS) is 1. The van der Waals surface area contributed by atoms with Crippen LogP contribution in [-0.4, -0.2) is 31.7 Å². The van der Waals surface area contributed by atoms with Gasteiger partial charge in [0.15, 0.2) is 6.61 Å². The van der Waals surface area contributed by atoms with Crippen LogP contribution >= 0.6 is 0 Å². The predicted octanol–water partition coefficient (Wildman–Crippen LogP) is 1.74. The van der Waals surface area contributed by atoms with Crippen molar-refractivity contribution in [3.8, 4) is 5.75 Å². The van der Waals surface area contributed by atoms with Gasteiger partial charge in [0.25, 0.3) is 0 Å². The first-order chi connectivity index (χ1) is 13.6. The summed E-state index contributed by atoms with van der Waals surface area (Å²) in [5.41, 5.74) is -1.75. The summed E-state index contributed by atoms with van der Waals surface area (Å²) in [6.07, 6.45) is 2.84. The van der Waals surface area contributed by atoms with Gasteiger partial charge in [0.1, 0.15) is 11.4 Å². The number of nitrogens with zero attached hydrogens (tertiary/aromatic N) is 3. The zero-order valence-corrected chi connectivity index (χ0v) is 16.2. The molecule has 1 aromatic heterocycles. The van der Waals surface area contributed by atoms with Crippen LogP contribution in [-0.2, 0) is 18.4 Å². The van der Waals surface area contributed by atoms with E-state index in [-0.39, 0.29) is 18.2 Å². The molecule has 10 nitrogen and oxygen atoms in total. The van der Waals surface area contributed by atoms with E-state index in [0.717, 1.165) is 9.13 Å². The van der Waals surface area contributed by atoms with E-state index in [0.29, 0.717) is 11.3 Å². The van der Waals surface area contributed by atoms with Gasteiger partial charge >= 0.3 is 22.9 Å². The van der Waals surface area contributed by atoms with Crippen LogP contribution in [0.2, 0.25) is 0 Å². The van der Waals surface area contributed by atoms with Crippen molar-refractivity contribution >= 4 is 23.8 Å². The number of carboxylic acids is 1. The fourth-order valence-corrected chi connectivity index (χ4v) is 2.65. The molecule has 2 aromatic rings. The van der Waals surface area contributed by atoms with Crippen LogP contribution in [0.25, 0.3) is 12.2 Å². The minimum Gasteiger partial charge on any atom is -0.482 e. The number of rotatable bonds is 8. The molecule has 0 atom stereocenters. The highest BCUT2D eigenvalue weighted by atomic mass is 16.6. The zero-order valence-electron chi connectivity index (χ0n) is 16.2. The van der Waals surface area contributed by atoms with Crippen LogP contribution in [0.3, 0.4) is 0 Å². The molecule has 0 aliphatic heterocycles. The summed E-state index contributed by atoms with van der Waals surface area (Å²) in [6.45, 7) is 3.20. The molecule has 1 N–H and O–H groups in total. The Kier molecular flexibility index (Phi) is 6.71. The van der Waals surface area contributed by atoms with E-state index in [4.69, 9.17) is 9.84 Å². The van der Waals surface area contributed by atoms with Crippen molar-refractivity contribution in [2.75, 3.05) is 6.61 Å². The lowest BCUT2D eigenvalue weighted by molar-refractivity contribution is -0.387. The van der Waals surface area contributed by atoms with Gasteiger partial charge in [0, 0.05) is 13.6 Å². The standard InChI is InChI=1S/C19H21N3O7/c1-12(2)10-21-18(25)17(22(27)28)15(20(3)19(21)26)9-6-13-4-7-14(8-5-13)29-11-16(23)24/h4-9,12H,10-11H2,1-3H3,(H,23,24)/b9-6+. The third kappa shape index (κ3) is 5.18. The van der Waals surface area contributed by atoms with Crippen LogP contribution in [0.1, 0.15) is 25.1 Å². The summed E-state index contributed by atoms with van der Waals surface area (Å²) in [4.78, 5) is 46.3. The summed E-state index contributed by atoms with van der Waals surface area (Å²) >= 11 is 0. The Labute approximate surface area is 165 Å². The average Bonchev–Trinajstić information content (AvgIpc) is 2.65. The van der Waals surface area contributed by atoms with Gasteiger partial charge in [-0.1, -0.05) is 32.1 Å². The molecular weight excluding hydrogens is 382 g/mol. The third-order valence-electron chi connectivity index (χ3n) is 3.98. The largest absolute Gasteiger partial charge is 0.482 e. The second-order valence-corrected chi connectivity index (χ2v) is 6.73. The molecule has 1 aromatic carbocycles. The van der Waals surface area contributed by atoms with Gasteiger partial charge in [-0.05, 0) is 29.7 Å². The Bertz CT molecular complexity index is 1060. The van der Waals surface area contributed by atoms with Gasteiger partial charge in [-0.15, -0.1) is 0 Å². The van der Waals surface area contributed by atoms with E-state index in [1.165, 1.54) is 31.3 Å². The Hall–Kier alpha value is -3.69. The molecule has 10 heteroatoms. The van der Waals surface area contributed by atoms with E-state index >= 15 is 0 Å². The van der Waals surface area contributed by atoms with E-state index in [2.05, 4.69) is 0 Å². The molecule has 1 heterocycles. The molecule has 0 saturated heterocycles. The van der Waals surface area contributed by atoms with Crippen LogP contribution in [0.5, 0.6) is 5.75 Å². The molecule has 0 aliphatic rings. The molecule has 0 aliphatic carbocycles. The van der Waals surface area contributed by atoms with Crippen molar-refractivity contribution in [2.24, 2.45) is 13.0 Å². The minimum absolute atomic E-state index is 0.0387. The van der Waals surface area contributed by atoms with Crippen LogP contribution in [0, 0.1) is 16.0 Å². The van der Waals surface area contributed by atoms with Crippen molar-refractivity contribution in [1.29, 1.82) is 0 Å². The highest BCUT2D eigenvalue weighted by Crippen LogP contribution is 2.17. The van der Waals surface area contributed by atoms with Crippen LogP contribution in [0.4, 0.5) is 5.69 Å². The molecular formula is C19H21N3O7. The molecule has 0 amide bonds. The highest BCUT2D eigenvalue weighted by molar-refractivity contribution is 5.72. The number of benzene rings is 1. The van der Waals surface area contributed by atoms with Crippen molar-refractivity contribution in [2.45, 2.75) is 20.4 Å². The summed E-state index contributed by atoms with van der Waals surface area (Å²) in [5, 5.41) is 20.1. The highest BCUT2D eigenvalue weighted by Gasteiger charge is 2.25. The molecule has 0 radical (unpaired) electrons. The second kappa shape index (κ2) is 9.00. The van der Waals surface area contributed by atoms with Gasteiger partial charge in [-0.2, -0.15) is 0 Å². The number of aromatic nitrogens is 2. The molecule has 0 saturated carbocycles. The molecule has 2 rings (SSSR count). The molecule has 29 heavy (non-hydrogen) atoms. The van der Waals surface area contributed by atoms with Crippen LogP contribution in [0.15, 0.2) is 33.9 Å². The van der Waals surface area contributed by atoms with Gasteiger partial charge in [0.05, 0.1) is 4.92 Å². The predicted molar refractivity (Wildman–Crippen MR) is 106 cm³/mol. The average molecular weight is 403 g/mol. The van der Waals surface area contributed by atoms with E-state index in [9.17, 15) is 24.5 Å². The number of nitro groups is 1. The van der Waals surface area contributed by atoms with Crippen molar-refractivity contribution in [3.63, 3.8) is 0 Å². The third-order valence-corrected chi connectivity index (χ3v) is 3.98. The maximum Gasteiger partial charge on any atom is 0.357 e. The number of carbonyl (C=O) groups is 1. The molecule has 154 valence electrons. The zero-order chi connectivity index (χ0) is 21.7. The lowest BCUT2D eigenvalue weighted by Crippen LogP contribution is -2.42. The van der Waals surface area contributed by atoms with Crippen LogP contribution < -0.4 is 16.0 Å². The summed E-state index contributed by atoms with van der Waals surface area (Å²) in [7, 11) is 1.37.